The second-order valence-electron chi connectivity index (χ2n) is 9.09. The van der Waals surface area contributed by atoms with Gasteiger partial charge in [-0.15, -0.1) is 0 Å². The van der Waals surface area contributed by atoms with Gasteiger partial charge in [0.2, 0.25) is 0 Å². The predicted molar refractivity (Wildman–Crippen MR) is 114 cm³/mol. The molecule has 7 heteroatoms. The predicted octanol–water partition coefficient (Wildman–Crippen LogP) is 4.04. The minimum Gasteiger partial charge on any atom is -0.408 e. The molecule has 0 radical (unpaired) electrons. The maximum atomic E-state index is 13.9. The maximum absolute atomic E-state index is 13.9. The molecule has 1 aromatic heterocycles. The van der Waals surface area contributed by atoms with E-state index in [0.717, 1.165) is 51.6 Å². The lowest BCUT2D eigenvalue weighted by molar-refractivity contribution is -0.0419. The summed E-state index contributed by atoms with van der Waals surface area (Å²) >= 11 is 0. The lowest BCUT2D eigenvalue weighted by Gasteiger charge is -2.48. The lowest BCUT2D eigenvalue weighted by Crippen LogP contribution is -2.53. The van der Waals surface area contributed by atoms with Crippen LogP contribution >= 0.6 is 0 Å². The van der Waals surface area contributed by atoms with Crippen molar-refractivity contribution < 1.29 is 18.3 Å². The average Bonchev–Trinajstić information content (AvgIpc) is 3.05. The molecule has 1 saturated heterocycles. The van der Waals surface area contributed by atoms with Crippen LogP contribution in [0, 0.1) is 12.7 Å². The molecule has 1 aliphatic heterocycles. The summed E-state index contributed by atoms with van der Waals surface area (Å²) in [6, 6.07) is 3.15. The fourth-order valence-electron chi connectivity index (χ4n) is 5.16. The third-order valence-corrected chi connectivity index (χ3v) is 7.14. The SMILES string of the molecule is COCCOC1CCC(C)(N2CCC(n3c(=O)oc4cc(F)c(C)cc43)CC2)CC1. The summed E-state index contributed by atoms with van der Waals surface area (Å²) in [7, 11) is 1.70. The van der Waals surface area contributed by atoms with Crippen molar-refractivity contribution in [3.8, 4) is 0 Å². The van der Waals surface area contributed by atoms with E-state index in [1.807, 2.05) is 0 Å². The number of aromatic nitrogens is 1. The van der Waals surface area contributed by atoms with Crippen LogP contribution in [0.4, 0.5) is 4.39 Å². The van der Waals surface area contributed by atoms with Crippen LogP contribution in [0.25, 0.3) is 11.1 Å². The number of nitrogens with zero attached hydrogens (tertiary/aromatic N) is 2. The highest BCUT2D eigenvalue weighted by Gasteiger charge is 2.38. The number of rotatable bonds is 6. The molecule has 0 spiro atoms. The van der Waals surface area contributed by atoms with Gasteiger partial charge in [-0.1, -0.05) is 0 Å². The quantitative estimate of drug-likeness (QED) is 0.660. The number of hydrogen-bond acceptors (Lipinski definition) is 5. The Bertz CT molecular complexity index is 921. The first kappa shape index (κ1) is 21.5. The van der Waals surface area contributed by atoms with E-state index in [-0.39, 0.29) is 23.2 Å². The zero-order valence-electron chi connectivity index (χ0n) is 18.3. The molecule has 2 aliphatic rings. The van der Waals surface area contributed by atoms with Crippen LogP contribution in [0.3, 0.4) is 0 Å². The van der Waals surface area contributed by atoms with Gasteiger partial charge in [-0.05, 0) is 64.0 Å². The van der Waals surface area contributed by atoms with E-state index in [0.29, 0.717) is 36.0 Å². The minimum atomic E-state index is -0.381. The van der Waals surface area contributed by atoms with E-state index in [9.17, 15) is 9.18 Å². The van der Waals surface area contributed by atoms with E-state index in [1.54, 1.807) is 24.7 Å². The van der Waals surface area contributed by atoms with Crippen molar-refractivity contribution in [3.63, 3.8) is 0 Å². The zero-order chi connectivity index (χ0) is 21.3. The standard InChI is InChI=1S/C23H33FN2O4/c1-16-14-20-21(15-19(16)24)30-22(27)26(20)17-6-10-25(11-7-17)23(2)8-4-18(5-9-23)29-13-12-28-3/h14-15,17-18H,4-13H2,1-3H3. The summed E-state index contributed by atoms with van der Waals surface area (Å²) in [6.07, 6.45) is 6.55. The van der Waals surface area contributed by atoms with Gasteiger partial charge in [-0.2, -0.15) is 0 Å². The largest absolute Gasteiger partial charge is 0.420 e. The number of hydrogen-bond donors (Lipinski definition) is 0. The third kappa shape index (κ3) is 4.20. The van der Waals surface area contributed by atoms with Crippen molar-refractivity contribution >= 4 is 11.1 Å². The average molecular weight is 421 g/mol. The normalized spacial score (nSPS) is 26.5. The number of oxazole rings is 1. The number of aryl methyl sites for hydroxylation is 1. The van der Waals surface area contributed by atoms with E-state index in [1.165, 1.54) is 6.07 Å². The third-order valence-electron chi connectivity index (χ3n) is 7.14. The van der Waals surface area contributed by atoms with Crippen LogP contribution in [0.1, 0.15) is 57.1 Å². The molecule has 6 nitrogen and oxygen atoms in total. The molecule has 0 unspecified atom stereocenters. The van der Waals surface area contributed by atoms with Gasteiger partial charge in [0, 0.05) is 37.8 Å². The summed E-state index contributed by atoms with van der Waals surface area (Å²) in [4.78, 5) is 15.1. The van der Waals surface area contributed by atoms with Crippen molar-refractivity contribution in [3.05, 3.63) is 34.1 Å². The van der Waals surface area contributed by atoms with Crippen LogP contribution < -0.4 is 5.76 Å². The zero-order valence-corrected chi connectivity index (χ0v) is 18.3. The molecule has 2 aromatic rings. The Morgan fingerprint density at radius 3 is 2.53 bits per heavy atom. The minimum absolute atomic E-state index is 0.0946. The molecule has 30 heavy (non-hydrogen) atoms. The van der Waals surface area contributed by atoms with E-state index < -0.39 is 0 Å². The van der Waals surface area contributed by atoms with Crippen molar-refractivity contribution in [1.82, 2.24) is 9.47 Å². The molecular formula is C23H33FN2O4. The monoisotopic (exact) mass is 420 g/mol. The van der Waals surface area contributed by atoms with Gasteiger partial charge in [0.1, 0.15) is 5.82 Å². The summed E-state index contributed by atoms with van der Waals surface area (Å²) < 4.78 is 31.9. The van der Waals surface area contributed by atoms with Gasteiger partial charge in [-0.3, -0.25) is 9.47 Å². The first-order valence-electron chi connectivity index (χ1n) is 11.1. The molecule has 0 bridgehead atoms. The van der Waals surface area contributed by atoms with Gasteiger partial charge >= 0.3 is 5.76 Å². The first-order chi connectivity index (χ1) is 14.4. The number of methoxy groups -OCH3 is 1. The van der Waals surface area contributed by atoms with Gasteiger partial charge < -0.3 is 13.9 Å². The summed E-state index contributed by atoms with van der Waals surface area (Å²) in [5.41, 5.74) is 1.77. The first-order valence-corrected chi connectivity index (χ1v) is 11.1. The van der Waals surface area contributed by atoms with Crippen molar-refractivity contribution in [1.29, 1.82) is 0 Å². The van der Waals surface area contributed by atoms with Crippen LogP contribution in [-0.2, 0) is 9.47 Å². The second kappa shape index (κ2) is 8.81. The van der Waals surface area contributed by atoms with E-state index >= 15 is 0 Å². The molecule has 166 valence electrons. The van der Waals surface area contributed by atoms with Crippen molar-refractivity contribution in [2.45, 2.75) is 70.1 Å². The topological polar surface area (TPSA) is 56.8 Å². The van der Waals surface area contributed by atoms with E-state index in [2.05, 4.69) is 11.8 Å². The van der Waals surface area contributed by atoms with Gasteiger partial charge in [0.25, 0.3) is 0 Å². The number of piperidine rings is 1. The molecule has 1 aromatic carbocycles. The second-order valence-corrected chi connectivity index (χ2v) is 9.09. The fraction of sp³-hybridized carbons (Fsp3) is 0.696. The van der Waals surface area contributed by atoms with Crippen LogP contribution in [0.2, 0.25) is 0 Å². The number of halogens is 1. The summed E-state index contributed by atoms with van der Waals surface area (Å²) in [6.45, 7) is 7.31. The Labute approximate surface area is 176 Å². The van der Waals surface area contributed by atoms with Crippen LogP contribution in [-0.4, -0.2) is 54.5 Å². The maximum Gasteiger partial charge on any atom is 0.420 e. The number of fused-ring (bicyclic) bond motifs is 1. The molecule has 2 fully saturated rings. The Morgan fingerprint density at radius 2 is 1.87 bits per heavy atom. The Kier molecular flexibility index (Phi) is 6.32. The highest BCUT2D eigenvalue weighted by molar-refractivity contribution is 5.74. The van der Waals surface area contributed by atoms with Gasteiger partial charge in [-0.25, -0.2) is 9.18 Å². The summed E-state index contributed by atoms with van der Waals surface area (Å²) in [5.74, 6) is -0.721. The summed E-state index contributed by atoms with van der Waals surface area (Å²) in [5, 5.41) is 0. The number of ether oxygens (including phenoxy) is 2. The molecule has 4 rings (SSSR count). The van der Waals surface area contributed by atoms with Gasteiger partial charge in [0.15, 0.2) is 5.58 Å². The number of benzene rings is 1. The molecular weight excluding hydrogens is 387 g/mol. The van der Waals surface area contributed by atoms with Crippen LogP contribution in [0.15, 0.2) is 21.3 Å². The van der Waals surface area contributed by atoms with Gasteiger partial charge in [0.05, 0.1) is 24.8 Å². The smallest absolute Gasteiger partial charge is 0.408 e. The highest BCUT2D eigenvalue weighted by Crippen LogP contribution is 2.38. The molecule has 2 heterocycles. The Balaban J connectivity index is 1.39. The molecule has 0 amide bonds. The Morgan fingerprint density at radius 1 is 1.17 bits per heavy atom. The van der Waals surface area contributed by atoms with Crippen molar-refractivity contribution in [2.24, 2.45) is 0 Å². The molecule has 0 N–H and O–H groups in total. The molecule has 1 aliphatic carbocycles. The fourth-order valence-corrected chi connectivity index (χ4v) is 5.16. The van der Waals surface area contributed by atoms with Crippen LogP contribution in [0.5, 0.6) is 0 Å². The molecule has 0 atom stereocenters. The van der Waals surface area contributed by atoms with E-state index in [4.69, 9.17) is 13.9 Å². The van der Waals surface area contributed by atoms with Crippen molar-refractivity contribution in [2.75, 3.05) is 33.4 Å². The number of likely N-dealkylation sites (tertiary alicyclic amines) is 1. The highest BCUT2D eigenvalue weighted by atomic mass is 19.1. The Hall–Kier alpha value is -1.70. The molecule has 1 saturated carbocycles. The lowest BCUT2D eigenvalue weighted by atomic mass is 9.79.